The molecule has 1 aromatic rings. The van der Waals surface area contributed by atoms with Crippen LogP contribution >= 0.6 is 0 Å². The van der Waals surface area contributed by atoms with Crippen molar-refractivity contribution in [2.75, 3.05) is 27.2 Å². The van der Waals surface area contributed by atoms with Crippen LogP contribution in [0.4, 0.5) is 0 Å². The number of carbonyl (C=O) groups is 2. The molecule has 0 radical (unpaired) electrons. The summed E-state index contributed by atoms with van der Waals surface area (Å²) in [6.07, 6.45) is 13.4. The number of aromatic carboxylic acids is 1. The molecule has 5 fully saturated rings. The maximum absolute atomic E-state index is 14.3. The van der Waals surface area contributed by atoms with E-state index >= 15 is 0 Å². The third kappa shape index (κ3) is 5.08. The minimum absolute atomic E-state index is 0.149. The number of rotatable bonds is 8. The highest BCUT2D eigenvalue weighted by molar-refractivity contribution is 5.87. The van der Waals surface area contributed by atoms with Gasteiger partial charge in [-0.15, -0.1) is 0 Å². The van der Waals surface area contributed by atoms with Crippen molar-refractivity contribution in [3.05, 3.63) is 35.4 Å². The number of hydrogen-bond donors (Lipinski definition) is 2. The summed E-state index contributed by atoms with van der Waals surface area (Å²) in [7, 11) is 4.18. The van der Waals surface area contributed by atoms with Gasteiger partial charge in [0, 0.05) is 13.1 Å². The molecule has 6 rings (SSSR count). The molecule has 0 aromatic heterocycles. The third-order valence-corrected chi connectivity index (χ3v) is 16.5. The van der Waals surface area contributed by atoms with E-state index in [1.807, 2.05) is 12.1 Å². The number of fused-ring (bicyclic) bond motifs is 7. The Balaban J connectivity index is 1.32. The smallest absolute Gasteiger partial charge is 0.335 e. The van der Waals surface area contributed by atoms with E-state index in [1.165, 1.54) is 63.4 Å². The monoisotopic (exact) mass is 647 g/mol. The number of carbonyl (C=O) groups excluding carboxylic acids is 1. The van der Waals surface area contributed by atoms with E-state index in [-0.39, 0.29) is 10.8 Å². The molecule has 10 unspecified atom stereocenters. The molecule has 1 aromatic carbocycles. The minimum Gasteiger partial charge on any atom is -0.478 e. The normalized spacial score (nSPS) is 42.3. The van der Waals surface area contributed by atoms with Crippen LogP contribution in [-0.4, -0.2) is 49.1 Å². The standard InChI is InChI=1S/C42H66N2O3/c1-10-42-24-23-41(37(47)43-25-26-44(8)9)22-17-30(27(2)3)35(41)32(42)15-16-34-39(6)20-18-31(28-11-13-29(14-12-28)36(45)46)38(4,5)33(39)19-21-40(34,42)7/h11-14,27,30-35H,10,15-26H2,1-9H3,(H,43,47)(H,45,46). The summed E-state index contributed by atoms with van der Waals surface area (Å²) in [5.74, 6) is 3.72. The first kappa shape index (κ1) is 35.0. The predicted octanol–water partition coefficient (Wildman–Crippen LogP) is 9.27. The van der Waals surface area contributed by atoms with Gasteiger partial charge < -0.3 is 15.3 Å². The molecule has 2 N–H and O–H groups in total. The lowest BCUT2D eigenvalue weighted by atomic mass is 9.31. The molecule has 5 heteroatoms. The summed E-state index contributed by atoms with van der Waals surface area (Å²) in [6.45, 7) is 19.5. The SMILES string of the molecule is CCC12CCC3(C(=O)NCCN(C)C)CCC(C(C)C)C3C1CCC1C3(C)CCC(c4ccc(C(=O)O)cc4)C(C)(C)C3CCC12C. The molecule has 5 saturated carbocycles. The summed E-state index contributed by atoms with van der Waals surface area (Å²) in [5.41, 5.74) is 2.55. The van der Waals surface area contributed by atoms with E-state index in [2.05, 4.69) is 84.9 Å². The average molecular weight is 647 g/mol. The average Bonchev–Trinajstić information content (AvgIpc) is 3.42. The number of nitrogens with one attached hydrogen (secondary N) is 1. The lowest BCUT2D eigenvalue weighted by Crippen LogP contribution is -2.67. The van der Waals surface area contributed by atoms with Gasteiger partial charge >= 0.3 is 5.97 Å². The Morgan fingerprint density at radius 1 is 0.894 bits per heavy atom. The highest BCUT2D eigenvalue weighted by atomic mass is 16.4. The first-order valence-corrected chi connectivity index (χ1v) is 19.4. The fourth-order valence-electron chi connectivity index (χ4n) is 14.4. The number of likely N-dealkylation sites (N-methyl/N-ethyl adjacent to an activating group) is 1. The van der Waals surface area contributed by atoms with E-state index in [1.54, 1.807) is 0 Å². The topological polar surface area (TPSA) is 69.6 Å². The molecular weight excluding hydrogens is 580 g/mol. The first-order valence-electron chi connectivity index (χ1n) is 19.4. The molecule has 5 aliphatic rings. The molecule has 47 heavy (non-hydrogen) atoms. The maximum atomic E-state index is 14.3. The van der Waals surface area contributed by atoms with Crippen molar-refractivity contribution in [3.8, 4) is 0 Å². The maximum Gasteiger partial charge on any atom is 0.335 e. The van der Waals surface area contributed by atoms with Crippen LogP contribution in [0.5, 0.6) is 0 Å². The Morgan fingerprint density at radius 2 is 1.60 bits per heavy atom. The summed E-state index contributed by atoms with van der Waals surface area (Å²) in [6, 6.07) is 7.82. The van der Waals surface area contributed by atoms with Crippen molar-refractivity contribution in [1.82, 2.24) is 10.2 Å². The van der Waals surface area contributed by atoms with Gasteiger partial charge in [-0.1, -0.05) is 60.6 Å². The molecule has 0 spiro atoms. The van der Waals surface area contributed by atoms with Crippen LogP contribution in [0.1, 0.15) is 141 Å². The largest absolute Gasteiger partial charge is 0.478 e. The van der Waals surface area contributed by atoms with E-state index in [9.17, 15) is 14.7 Å². The lowest BCUT2D eigenvalue weighted by Gasteiger charge is -2.73. The fourth-order valence-corrected chi connectivity index (χ4v) is 14.4. The van der Waals surface area contributed by atoms with Crippen LogP contribution in [0, 0.1) is 62.6 Å². The number of amides is 1. The third-order valence-electron chi connectivity index (χ3n) is 16.5. The van der Waals surface area contributed by atoms with E-state index in [0.717, 1.165) is 25.9 Å². The second kappa shape index (κ2) is 12.2. The van der Waals surface area contributed by atoms with Crippen LogP contribution < -0.4 is 5.32 Å². The van der Waals surface area contributed by atoms with Gasteiger partial charge in [0.1, 0.15) is 0 Å². The summed E-state index contributed by atoms with van der Waals surface area (Å²) in [5, 5.41) is 13.0. The Kier molecular flexibility index (Phi) is 9.05. The van der Waals surface area contributed by atoms with Gasteiger partial charge in [0.05, 0.1) is 11.0 Å². The Labute approximate surface area is 286 Å². The summed E-state index contributed by atoms with van der Waals surface area (Å²) >= 11 is 0. The molecule has 0 aliphatic heterocycles. The van der Waals surface area contributed by atoms with Crippen LogP contribution in [0.25, 0.3) is 0 Å². The quantitative estimate of drug-likeness (QED) is 0.295. The Hall–Kier alpha value is -1.88. The molecule has 5 nitrogen and oxygen atoms in total. The Bertz CT molecular complexity index is 1340. The number of hydrogen-bond acceptors (Lipinski definition) is 3. The molecule has 262 valence electrons. The van der Waals surface area contributed by atoms with Crippen molar-refractivity contribution in [1.29, 1.82) is 0 Å². The van der Waals surface area contributed by atoms with Crippen molar-refractivity contribution >= 4 is 11.9 Å². The lowest BCUT2D eigenvalue weighted by molar-refractivity contribution is -0.246. The van der Waals surface area contributed by atoms with Gasteiger partial charge in [-0.3, -0.25) is 4.79 Å². The van der Waals surface area contributed by atoms with Crippen LogP contribution in [0.15, 0.2) is 24.3 Å². The van der Waals surface area contributed by atoms with Gasteiger partial charge in [0.15, 0.2) is 0 Å². The van der Waals surface area contributed by atoms with E-state index < -0.39 is 5.97 Å². The van der Waals surface area contributed by atoms with Crippen molar-refractivity contribution in [2.24, 2.45) is 62.6 Å². The van der Waals surface area contributed by atoms with Gasteiger partial charge in [-0.05, 0) is 166 Å². The van der Waals surface area contributed by atoms with Crippen molar-refractivity contribution in [3.63, 3.8) is 0 Å². The molecule has 0 saturated heterocycles. The predicted molar refractivity (Wildman–Crippen MR) is 191 cm³/mol. The summed E-state index contributed by atoms with van der Waals surface area (Å²) < 4.78 is 0. The zero-order valence-electron chi connectivity index (χ0n) is 31.3. The van der Waals surface area contributed by atoms with Gasteiger partial charge in [0.25, 0.3) is 0 Å². The number of carboxylic acids is 1. The zero-order valence-corrected chi connectivity index (χ0v) is 31.3. The van der Waals surface area contributed by atoms with Crippen molar-refractivity contribution < 1.29 is 14.7 Å². The second-order valence-corrected chi connectivity index (χ2v) is 18.8. The van der Waals surface area contributed by atoms with Crippen LogP contribution in [-0.2, 0) is 4.79 Å². The highest BCUT2D eigenvalue weighted by Crippen LogP contribution is 2.79. The number of nitrogens with zero attached hydrogens (tertiary/aromatic N) is 1. The minimum atomic E-state index is -0.846. The van der Waals surface area contributed by atoms with Gasteiger partial charge in [0.2, 0.25) is 5.91 Å². The van der Waals surface area contributed by atoms with E-state index in [4.69, 9.17) is 0 Å². The molecule has 1 amide bonds. The molecule has 0 heterocycles. The molecule has 5 aliphatic carbocycles. The second-order valence-electron chi connectivity index (χ2n) is 18.8. The number of benzene rings is 1. The van der Waals surface area contributed by atoms with Gasteiger partial charge in [-0.25, -0.2) is 4.79 Å². The fraction of sp³-hybridized carbons (Fsp3) is 0.810. The van der Waals surface area contributed by atoms with E-state index in [0.29, 0.717) is 69.1 Å². The number of carboxylic acid groups (broad SMARTS) is 1. The van der Waals surface area contributed by atoms with Crippen LogP contribution in [0.3, 0.4) is 0 Å². The molecule has 0 bridgehead atoms. The zero-order chi connectivity index (χ0) is 34.2. The molecular formula is C42H66N2O3. The molecule has 10 atom stereocenters. The van der Waals surface area contributed by atoms with Crippen molar-refractivity contribution in [2.45, 2.75) is 125 Å². The first-order chi connectivity index (χ1) is 22.1. The van der Waals surface area contributed by atoms with Gasteiger partial charge in [-0.2, -0.15) is 0 Å². The highest BCUT2D eigenvalue weighted by Gasteiger charge is 2.72. The summed E-state index contributed by atoms with van der Waals surface area (Å²) in [4.78, 5) is 28.1. The Morgan fingerprint density at radius 3 is 2.21 bits per heavy atom. The van der Waals surface area contributed by atoms with Crippen LogP contribution in [0.2, 0.25) is 0 Å².